The first kappa shape index (κ1) is 12.5. The zero-order valence-corrected chi connectivity index (χ0v) is 10.0. The molecule has 1 aliphatic heterocycles. The van der Waals surface area contributed by atoms with Gasteiger partial charge in [0, 0.05) is 26.2 Å². The fourth-order valence-corrected chi connectivity index (χ4v) is 1.75. The summed E-state index contributed by atoms with van der Waals surface area (Å²) in [6.45, 7) is 11.5. The van der Waals surface area contributed by atoms with E-state index in [4.69, 9.17) is 4.74 Å². The summed E-state index contributed by atoms with van der Waals surface area (Å²) >= 11 is 0. The van der Waals surface area contributed by atoms with Gasteiger partial charge in [0.2, 0.25) is 0 Å². The van der Waals surface area contributed by atoms with Crippen molar-refractivity contribution in [2.24, 2.45) is 0 Å². The highest BCUT2D eigenvalue weighted by molar-refractivity contribution is 5.71. The van der Waals surface area contributed by atoms with Crippen LogP contribution < -0.4 is 0 Å². The Hall–Kier alpha value is -0.610. The molecule has 1 aliphatic rings. The molecule has 4 nitrogen and oxygen atoms in total. The summed E-state index contributed by atoms with van der Waals surface area (Å²) in [5.41, 5.74) is 0. The number of hydrogen-bond acceptors (Lipinski definition) is 4. The summed E-state index contributed by atoms with van der Waals surface area (Å²) in [7, 11) is 0. The summed E-state index contributed by atoms with van der Waals surface area (Å²) < 4.78 is 5.11. The maximum absolute atomic E-state index is 11.4. The van der Waals surface area contributed by atoms with E-state index in [9.17, 15) is 4.79 Å². The number of rotatable bonds is 4. The van der Waals surface area contributed by atoms with Gasteiger partial charge in [0.1, 0.15) is 0 Å². The van der Waals surface area contributed by atoms with Crippen molar-refractivity contribution in [2.45, 2.75) is 26.9 Å². The summed E-state index contributed by atoms with van der Waals surface area (Å²) in [4.78, 5) is 16.0. The van der Waals surface area contributed by atoms with E-state index in [-0.39, 0.29) is 12.1 Å². The minimum atomic E-state index is -0.102. The van der Waals surface area contributed by atoms with Gasteiger partial charge in [0.15, 0.2) is 0 Å². The fraction of sp³-hybridized carbons (Fsp3) is 0.909. The molecule has 1 heterocycles. The Bertz CT molecular complexity index is 199. The van der Waals surface area contributed by atoms with Crippen molar-refractivity contribution in [1.82, 2.24) is 9.80 Å². The highest BCUT2D eigenvalue weighted by Gasteiger charge is 2.18. The first-order chi connectivity index (χ1) is 7.11. The Kier molecular flexibility index (Phi) is 5.05. The third-order valence-corrected chi connectivity index (χ3v) is 2.63. The van der Waals surface area contributed by atoms with E-state index in [0.29, 0.717) is 6.54 Å². The van der Waals surface area contributed by atoms with Crippen molar-refractivity contribution in [3.8, 4) is 0 Å². The number of piperazine rings is 1. The van der Waals surface area contributed by atoms with Gasteiger partial charge >= 0.3 is 5.97 Å². The van der Waals surface area contributed by atoms with Crippen LogP contribution >= 0.6 is 0 Å². The third-order valence-electron chi connectivity index (χ3n) is 2.63. The number of hydrogen-bond donors (Lipinski definition) is 0. The lowest BCUT2D eigenvalue weighted by Crippen LogP contribution is -2.48. The number of carbonyl (C=O) groups excluding carboxylic acids is 1. The number of likely N-dealkylation sites (N-methyl/N-ethyl adjacent to an activating group) is 1. The average molecular weight is 214 g/mol. The Morgan fingerprint density at radius 2 is 1.73 bits per heavy atom. The minimum Gasteiger partial charge on any atom is -0.462 e. The van der Waals surface area contributed by atoms with Crippen molar-refractivity contribution in [3.63, 3.8) is 0 Å². The SMILES string of the molecule is CCN1CCN(CC(=O)OC(C)C)CC1. The number of esters is 1. The molecule has 0 N–H and O–H groups in total. The molecule has 1 saturated heterocycles. The van der Waals surface area contributed by atoms with Crippen LogP contribution in [-0.4, -0.2) is 61.1 Å². The molecule has 0 radical (unpaired) electrons. The van der Waals surface area contributed by atoms with Crippen molar-refractivity contribution < 1.29 is 9.53 Å². The molecule has 0 aromatic rings. The summed E-state index contributed by atoms with van der Waals surface area (Å²) in [5, 5.41) is 0. The number of ether oxygens (including phenoxy) is 1. The topological polar surface area (TPSA) is 32.8 Å². The third kappa shape index (κ3) is 4.62. The van der Waals surface area contributed by atoms with Crippen LogP contribution in [0, 0.1) is 0 Å². The van der Waals surface area contributed by atoms with Gasteiger partial charge in [-0.15, -0.1) is 0 Å². The van der Waals surface area contributed by atoms with Gasteiger partial charge < -0.3 is 9.64 Å². The molecule has 0 aromatic carbocycles. The molecule has 0 saturated carbocycles. The molecule has 0 spiro atoms. The summed E-state index contributed by atoms with van der Waals surface area (Å²) in [5.74, 6) is -0.102. The normalized spacial score (nSPS) is 19.5. The van der Waals surface area contributed by atoms with Gasteiger partial charge in [-0.2, -0.15) is 0 Å². The first-order valence-corrected chi connectivity index (χ1v) is 5.76. The monoisotopic (exact) mass is 214 g/mol. The van der Waals surface area contributed by atoms with E-state index >= 15 is 0 Å². The van der Waals surface area contributed by atoms with E-state index in [1.807, 2.05) is 13.8 Å². The predicted octanol–water partition coefficient (Wildman–Crippen LogP) is 0.575. The van der Waals surface area contributed by atoms with Crippen molar-refractivity contribution in [3.05, 3.63) is 0 Å². The molecule has 1 fully saturated rings. The molecule has 0 unspecified atom stereocenters. The maximum Gasteiger partial charge on any atom is 0.320 e. The largest absolute Gasteiger partial charge is 0.462 e. The molecule has 88 valence electrons. The van der Waals surface area contributed by atoms with Gasteiger partial charge in [0.25, 0.3) is 0 Å². The van der Waals surface area contributed by atoms with Gasteiger partial charge in [-0.3, -0.25) is 9.69 Å². The molecular formula is C11H22N2O2. The zero-order valence-electron chi connectivity index (χ0n) is 10.0. The molecule has 0 bridgehead atoms. The highest BCUT2D eigenvalue weighted by atomic mass is 16.5. The van der Waals surface area contributed by atoms with E-state index in [0.717, 1.165) is 32.7 Å². The highest BCUT2D eigenvalue weighted by Crippen LogP contribution is 2.01. The van der Waals surface area contributed by atoms with Crippen LogP contribution in [0.2, 0.25) is 0 Å². The Labute approximate surface area is 92.2 Å². The quantitative estimate of drug-likeness (QED) is 0.641. The molecule has 0 amide bonds. The van der Waals surface area contributed by atoms with Gasteiger partial charge in [-0.1, -0.05) is 6.92 Å². The van der Waals surface area contributed by atoms with Crippen LogP contribution in [0.3, 0.4) is 0 Å². The van der Waals surface area contributed by atoms with E-state index in [1.54, 1.807) is 0 Å². The molecule has 4 heteroatoms. The van der Waals surface area contributed by atoms with Crippen molar-refractivity contribution in [2.75, 3.05) is 39.3 Å². The second-order valence-electron chi connectivity index (χ2n) is 4.25. The molecule has 1 rings (SSSR count). The summed E-state index contributed by atoms with van der Waals surface area (Å²) in [6.07, 6.45) is -0.00516. The Morgan fingerprint density at radius 1 is 1.20 bits per heavy atom. The molecule has 0 aromatic heterocycles. The van der Waals surface area contributed by atoms with Crippen LogP contribution in [-0.2, 0) is 9.53 Å². The number of carbonyl (C=O) groups is 1. The zero-order chi connectivity index (χ0) is 11.3. The van der Waals surface area contributed by atoms with Crippen LogP contribution in [0.1, 0.15) is 20.8 Å². The lowest BCUT2D eigenvalue weighted by Gasteiger charge is -2.33. The Morgan fingerprint density at radius 3 is 2.20 bits per heavy atom. The van der Waals surface area contributed by atoms with Gasteiger partial charge in [-0.05, 0) is 20.4 Å². The molecule has 15 heavy (non-hydrogen) atoms. The van der Waals surface area contributed by atoms with Crippen LogP contribution in [0.4, 0.5) is 0 Å². The lowest BCUT2D eigenvalue weighted by atomic mass is 10.3. The molecule has 0 aliphatic carbocycles. The van der Waals surface area contributed by atoms with Crippen LogP contribution in [0.15, 0.2) is 0 Å². The van der Waals surface area contributed by atoms with Crippen molar-refractivity contribution >= 4 is 5.97 Å². The Balaban J connectivity index is 2.20. The minimum absolute atomic E-state index is 0.00516. The standard InChI is InChI=1S/C11H22N2O2/c1-4-12-5-7-13(8-6-12)9-11(14)15-10(2)3/h10H,4-9H2,1-3H3. The van der Waals surface area contributed by atoms with E-state index < -0.39 is 0 Å². The van der Waals surface area contributed by atoms with Gasteiger partial charge in [-0.25, -0.2) is 0 Å². The second-order valence-corrected chi connectivity index (χ2v) is 4.25. The first-order valence-electron chi connectivity index (χ1n) is 5.76. The van der Waals surface area contributed by atoms with Crippen LogP contribution in [0.25, 0.3) is 0 Å². The van der Waals surface area contributed by atoms with Crippen LogP contribution in [0.5, 0.6) is 0 Å². The van der Waals surface area contributed by atoms with E-state index in [1.165, 1.54) is 0 Å². The average Bonchev–Trinajstić information content (AvgIpc) is 2.17. The second kappa shape index (κ2) is 6.08. The molecule has 0 atom stereocenters. The molecular weight excluding hydrogens is 192 g/mol. The lowest BCUT2D eigenvalue weighted by molar-refractivity contribution is -0.149. The summed E-state index contributed by atoms with van der Waals surface area (Å²) in [6, 6.07) is 0. The van der Waals surface area contributed by atoms with Crippen molar-refractivity contribution in [1.29, 1.82) is 0 Å². The predicted molar refractivity (Wildman–Crippen MR) is 59.8 cm³/mol. The smallest absolute Gasteiger partial charge is 0.320 e. The maximum atomic E-state index is 11.4. The number of nitrogens with zero attached hydrogens (tertiary/aromatic N) is 2. The van der Waals surface area contributed by atoms with E-state index in [2.05, 4.69) is 16.7 Å². The van der Waals surface area contributed by atoms with Gasteiger partial charge in [0.05, 0.1) is 12.6 Å². The fourth-order valence-electron chi connectivity index (χ4n) is 1.75.